The van der Waals surface area contributed by atoms with Gasteiger partial charge in [-0.05, 0) is 32.9 Å². The smallest absolute Gasteiger partial charge is 0.407 e. The Bertz CT molecular complexity index is 493. The van der Waals surface area contributed by atoms with Gasteiger partial charge in [0.1, 0.15) is 11.3 Å². The number of aromatic nitrogens is 1. The van der Waals surface area contributed by atoms with Gasteiger partial charge in [-0.25, -0.2) is 9.78 Å². The van der Waals surface area contributed by atoms with Crippen LogP contribution in [0, 0.1) is 0 Å². The second-order valence-corrected chi connectivity index (χ2v) is 5.57. The van der Waals surface area contributed by atoms with Crippen LogP contribution in [0.25, 0.3) is 0 Å². The number of carbonyl (C=O) groups excluding carboxylic acids is 2. The first kappa shape index (κ1) is 15.9. The van der Waals surface area contributed by atoms with Gasteiger partial charge < -0.3 is 15.0 Å². The Morgan fingerprint density at radius 2 is 1.95 bits per heavy atom. The molecule has 6 heteroatoms. The maximum Gasteiger partial charge on any atom is 0.407 e. The molecule has 0 radical (unpaired) electrons. The molecule has 0 saturated carbocycles. The third-order valence-corrected chi connectivity index (χ3v) is 2.24. The summed E-state index contributed by atoms with van der Waals surface area (Å²) in [7, 11) is 3.32. The van der Waals surface area contributed by atoms with Gasteiger partial charge in [0.25, 0.3) is 5.91 Å². The van der Waals surface area contributed by atoms with Gasteiger partial charge in [0.2, 0.25) is 0 Å². The summed E-state index contributed by atoms with van der Waals surface area (Å²) in [6, 6.07) is 5.11. The summed E-state index contributed by atoms with van der Waals surface area (Å²) in [6.45, 7) is 5.59. The molecule has 1 rings (SSSR count). The Hall–Kier alpha value is -2.11. The fourth-order valence-electron chi connectivity index (χ4n) is 1.40. The molecular formula is C14H21N3O3. The molecule has 1 heterocycles. The van der Waals surface area contributed by atoms with E-state index in [4.69, 9.17) is 4.74 Å². The van der Waals surface area contributed by atoms with Crippen molar-refractivity contribution in [3.05, 3.63) is 29.6 Å². The Morgan fingerprint density at radius 1 is 1.30 bits per heavy atom. The monoisotopic (exact) mass is 279 g/mol. The number of ether oxygens (including phenoxy) is 1. The van der Waals surface area contributed by atoms with Gasteiger partial charge in [0.05, 0.1) is 12.2 Å². The Kier molecular flexibility index (Phi) is 5.07. The average Bonchev–Trinajstić information content (AvgIpc) is 2.33. The van der Waals surface area contributed by atoms with E-state index in [-0.39, 0.29) is 12.5 Å². The maximum atomic E-state index is 11.8. The quantitative estimate of drug-likeness (QED) is 0.916. The van der Waals surface area contributed by atoms with E-state index < -0.39 is 11.7 Å². The molecule has 0 bridgehead atoms. The van der Waals surface area contributed by atoms with Crippen LogP contribution in [0.2, 0.25) is 0 Å². The first-order chi connectivity index (χ1) is 9.19. The van der Waals surface area contributed by atoms with E-state index in [0.29, 0.717) is 11.4 Å². The molecule has 0 atom stereocenters. The second-order valence-electron chi connectivity index (χ2n) is 5.57. The molecule has 1 aromatic heterocycles. The van der Waals surface area contributed by atoms with Crippen molar-refractivity contribution in [1.82, 2.24) is 15.2 Å². The largest absolute Gasteiger partial charge is 0.444 e. The summed E-state index contributed by atoms with van der Waals surface area (Å²) in [5, 5.41) is 2.60. The third-order valence-electron chi connectivity index (χ3n) is 2.24. The van der Waals surface area contributed by atoms with Crippen LogP contribution in [-0.2, 0) is 11.3 Å². The van der Waals surface area contributed by atoms with E-state index in [1.54, 1.807) is 53.1 Å². The average molecular weight is 279 g/mol. The Morgan fingerprint density at radius 3 is 2.50 bits per heavy atom. The number of alkyl carbamates (subject to hydrolysis) is 1. The van der Waals surface area contributed by atoms with E-state index in [0.717, 1.165) is 0 Å². The minimum Gasteiger partial charge on any atom is -0.444 e. The van der Waals surface area contributed by atoms with Crippen LogP contribution in [0.3, 0.4) is 0 Å². The normalized spacial score (nSPS) is 10.8. The van der Waals surface area contributed by atoms with Crippen molar-refractivity contribution in [2.75, 3.05) is 14.1 Å². The van der Waals surface area contributed by atoms with Crippen LogP contribution in [0.1, 0.15) is 37.0 Å². The molecule has 0 spiro atoms. The molecule has 0 aliphatic heterocycles. The highest BCUT2D eigenvalue weighted by molar-refractivity contribution is 5.91. The molecular weight excluding hydrogens is 258 g/mol. The van der Waals surface area contributed by atoms with E-state index in [9.17, 15) is 9.59 Å². The third kappa shape index (κ3) is 5.26. The van der Waals surface area contributed by atoms with E-state index in [2.05, 4.69) is 10.3 Å². The van der Waals surface area contributed by atoms with Crippen molar-refractivity contribution < 1.29 is 14.3 Å². The van der Waals surface area contributed by atoms with Crippen LogP contribution in [0.15, 0.2) is 18.2 Å². The highest BCUT2D eigenvalue weighted by Gasteiger charge is 2.16. The number of hydrogen-bond acceptors (Lipinski definition) is 4. The molecule has 0 saturated heterocycles. The fourth-order valence-corrected chi connectivity index (χ4v) is 1.40. The summed E-state index contributed by atoms with van der Waals surface area (Å²) in [5.74, 6) is -0.177. The zero-order valence-electron chi connectivity index (χ0n) is 12.6. The lowest BCUT2D eigenvalue weighted by Crippen LogP contribution is -2.32. The lowest BCUT2D eigenvalue weighted by atomic mass is 10.2. The number of amides is 2. The van der Waals surface area contributed by atoms with Gasteiger partial charge in [-0.3, -0.25) is 4.79 Å². The molecule has 0 aromatic carbocycles. The highest BCUT2D eigenvalue weighted by atomic mass is 16.6. The highest BCUT2D eigenvalue weighted by Crippen LogP contribution is 2.07. The van der Waals surface area contributed by atoms with Crippen molar-refractivity contribution >= 4 is 12.0 Å². The summed E-state index contributed by atoms with van der Waals surface area (Å²) in [4.78, 5) is 28.9. The molecule has 110 valence electrons. The minimum absolute atomic E-state index is 0.177. The number of pyridine rings is 1. The van der Waals surface area contributed by atoms with Gasteiger partial charge in [-0.2, -0.15) is 0 Å². The summed E-state index contributed by atoms with van der Waals surface area (Å²) < 4.78 is 5.12. The van der Waals surface area contributed by atoms with Crippen molar-refractivity contribution in [1.29, 1.82) is 0 Å². The minimum atomic E-state index is -0.541. The first-order valence-electron chi connectivity index (χ1n) is 6.33. The predicted molar refractivity (Wildman–Crippen MR) is 75.3 cm³/mol. The van der Waals surface area contributed by atoms with Gasteiger partial charge in [0.15, 0.2) is 0 Å². The first-order valence-corrected chi connectivity index (χ1v) is 6.33. The molecule has 0 fully saturated rings. The van der Waals surface area contributed by atoms with Gasteiger partial charge in [-0.15, -0.1) is 0 Å². The Labute approximate surface area is 119 Å². The molecule has 1 N–H and O–H groups in total. The second kappa shape index (κ2) is 6.36. The zero-order valence-corrected chi connectivity index (χ0v) is 12.6. The lowest BCUT2D eigenvalue weighted by Gasteiger charge is -2.19. The van der Waals surface area contributed by atoms with Gasteiger partial charge in [-0.1, -0.05) is 6.07 Å². The predicted octanol–water partition coefficient (Wildman–Crippen LogP) is 1.81. The maximum absolute atomic E-state index is 11.8. The SMILES string of the molecule is CN(C)C(=O)c1cccc(CNC(=O)OC(C)(C)C)n1. The van der Waals surface area contributed by atoms with Gasteiger partial charge >= 0.3 is 6.09 Å². The van der Waals surface area contributed by atoms with Crippen LogP contribution < -0.4 is 5.32 Å². The van der Waals surface area contributed by atoms with Crippen LogP contribution in [-0.4, -0.2) is 41.6 Å². The van der Waals surface area contributed by atoms with E-state index in [1.807, 2.05) is 0 Å². The molecule has 0 aliphatic rings. The van der Waals surface area contributed by atoms with Crippen LogP contribution in [0.5, 0.6) is 0 Å². The van der Waals surface area contributed by atoms with E-state index >= 15 is 0 Å². The number of nitrogens with one attached hydrogen (secondary N) is 1. The summed E-state index contributed by atoms with van der Waals surface area (Å²) >= 11 is 0. The fraction of sp³-hybridized carbons (Fsp3) is 0.500. The Balaban J connectivity index is 2.63. The molecule has 1 aromatic rings. The van der Waals surface area contributed by atoms with Crippen molar-refractivity contribution in [3.63, 3.8) is 0 Å². The van der Waals surface area contributed by atoms with Crippen molar-refractivity contribution in [2.45, 2.75) is 32.9 Å². The van der Waals surface area contributed by atoms with Gasteiger partial charge in [0, 0.05) is 14.1 Å². The molecule has 6 nitrogen and oxygen atoms in total. The van der Waals surface area contributed by atoms with Crippen LogP contribution in [0.4, 0.5) is 4.79 Å². The standard InChI is InChI=1S/C14H21N3O3/c1-14(2,3)20-13(19)15-9-10-7-6-8-11(16-10)12(18)17(4)5/h6-8H,9H2,1-5H3,(H,15,19). The molecule has 0 aliphatic carbocycles. The van der Waals surface area contributed by atoms with Crippen molar-refractivity contribution in [2.24, 2.45) is 0 Å². The summed E-state index contributed by atoms with van der Waals surface area (Å²) in [6.07, 6.45) is -0.511. The molecule has 0 unspecified atom stereocenters. The number of hydrogen-bond donors (Lipinski definition) is 1. The lowest BCUT2D eigenvalue weighted by molar-refractivity contribution is 0.0523. The summed E-state index contributed by atoms with van der Waals surface area (Å²) in [5.41, 5.74) is 0.405. The number of rotatable bonds is 3. The van der Waals surface area contributed by atoms with Crippen LogP contribution >= 0.6 is 0 Å². The van der Waals surface area contributed by atoms with E-state index in [1.165, 1.54) is 4.90 Å². The number of nitrogens with zero attached hydrogens (tertiary/aromatic N) is 2. The molecule has 2 amide bonds. The number of carbonyl (C=O) groups is 2. The van der Waals surface area contributed by atoms with Crippen molar-refractivity contribution in [3.8, 4) is 0 Å². The zero-order chi connectivity index (χ0) is 15.3. The topological polar surface area (TPSA) is 71.5 Å². The molecule has 20 heavy (non-hydrogen) atoms.